The topological polar surface area (TPSA) is 37.3 Å². The van der Waals surface area contributed by atoms with E-state index in [1.807, 2.05) is 0 Å². The van der Waals surface area contributed by atoms with Crippen molar-refractivity contribution < 1.29 is 9.90 Å². The van der Waals surface area contributed by atoms with Gasteiger partial charge in [-0.2, -0.15) is 0 Å². The van der Waals surface area contributed by atoms with E-state index in [9.17, 15) is 4.79 Å². The lowest BCUT2D eigenvalue weighted by molar-refractivity contribution is -0.120. The zero-order chi connectivity index (χ0) is 5.15. The van der Waals surface area contributed by atoms with Gasteiger partial charge in [0.1, 0.15) is 0 Å². The van der Waals surface area contributed by atoms with Crippen LogP contribution in [0.25, 0.3) is 0 Å². The summed E-state index contributed by atoms with van der Waals surface area (Å²) in [6.45, 7) is 1.28. The molecule has 0 aliphatic heterocycles. The van der Waals surface area contributed by atoms with E-state index in [-0.39, 0.29) is 5.78 Å². The van der Waals surface area contributed by atoms with Gasteiger partial charge in [0, 0.05) is 0 Å². The zero-order valence-corrected chi connectivity index (χ0v) is 4.27. The molecule has 0 aromatic heterocycles. The molecule has 0 aliphatic carbocycles. The van der Waals surface area contributed by atoms with E-state index in [2.05, 4.69) is 12.6 Å². The largest absolute Gasteiger partial charge is 0.375 e. The number of carbonyl (C=O) groups is 1. The van der Waals surface area contributed by atoms with Crippen LogP contribution in [0.5, 0.6) is 0 Å². The van der Waals surface area contributed by atoms with E-state index in [1.54, 1.807) is 0 Å². The van der Waals surface area contributed by atoms with Gasteiger partial charge in [-0.05, 0) is 6.92 Å². The van der Waals surface area contributed by atoms with Crippen molar-refractivity contribution in [2.45, 2.75) is 12.4 Å². The summed E-state index contributed by atoms with van der Waals surface area (Å²) >= 11 is 3.40. The van der Waals surface area contributed by atoms with Gasteiger partial charge in [-0.25, -0.2) is 0 Å². The van der Waals surface area contributed by atoms with Gasteiger partial charge in [-0.1, -0.05) is 0 Å². The van der Waals surface area contributed by atoms with Gasteiger partial charge >= 0.3 is 0 Å². The van der Waals surface area contributed by atoms with Gasteiger partial charge in [0.25, 0.3) is 0 Å². The molecule has 36 valence electrons. The number of carbonyl (C=O) groups excluding carboxylic acids is 1. The summed E-state index contributed by atoms with van der Waals surface area (Å²) in [6.07, 6.45) is 0. The van der Waals surface area contributed by atoms with Gasteiger partial charge in [0.15, 0.2) is 11.2 Å². The lowest BCUT2D eigenvalue weighted by Crippen LogP contribution is -2.07. The maximum Gasteiger partial charge on any atom is 0.168 e. The van der Waals surface area contributed by atoms with Crippen molar-refractivity contribution in [1.82, 2.24) is 0 Å². The highest BCUT2D eigenvalue weighted by atomic mass is 32.1. The number of thiol groups is 1. The maximum absolute atomic E-state index is 9.82. The Morgan fingerprint density at radius 1 is 2.00 bits per heavy atom. The second kappa shape index (κ2) is 2.21. The molecule has 1 N–H and O–H groups in total. The molecular formula is C3H6O2S. The molecule has 6 heavy (non-hydrogen) atoms. The minimum absolute atomic E-state index is 0.321. The summed E-state index contributed by atoms with van der Waals surface area (Å²) in [5.74, 6) is -0.321. The van der Waals surface area contributed by atoms with Gasteiger partial charge in [0.05, 0.1) is 0 Å². The van der Waals surface area contributed by atoms with Gasteiger partial charge in [-0.3, -0.25) is 4.79 Å². The maximum atomic E-state index is 9.82. The Morgan fingerprint density at radius 2 is 2.17 bits per heavy atom. The molecule has 0 rings (SSSR count). The average Bonchev–Trinajstić information content (AvgIpc) is 1.36. The third-order valence-electron chi connectivity index (χ3n) is 0.364. The van der Waals surface area contributed by atoms with Crippen LogP contribution in [0, 0.1) is 0 Å². The summed E-state index contributed by atoms with van der Waals surface area (Å²) < 4.78 is 0. The summed E-state index contributed by atoms with van der Waals surface area (Å²) in [5.41, 5.74) is -1.09. The van der Waals surface area contributed by atoms with Gasteiger partial charge in [-0.15, -0.1) is 12.6 Å². The van der Waals surface area contributed by atoms with Crippen LogP contribution in [0.1, 0.15) is 6.92 Å². The quantitative estimate of drug-likeness (QED) is 0.359. The molecule has 0 aromatic rings. The molecule has 2 nitrogen and oxygen atoms in total. The Kier molecular flexibility index (Phi) is 2.20. The first-order valence-corrected chi connectivity index (χ1v) is 2.03. The summed E-state index contributed by atoms with van der Waals surface area (Å²) in [7, 11) is 0. The number of ketones is 1. The van der Waals surface area contributed by atoms with Crippen LogP contribution in [0.4, 0.5) is 0 Å². The Balaban J connectivity index is 3.26. The average molecular weight is 106 g/mol. The van der Waals surface area contributed by atoms with E-state index >= 15 is 0 Å². The molecule has 0 amide bonds. The molecule has 0 fully saturated rings. The van der Waals surface area contributed by atoms with Crippen LogP contribution >= 0.6 is 12.6 Å². The van der Waals surface area contributed by atoms with Crippen LogP contribution < -0.4 is 0 Å². The molecule has 0 spiro atoms. The number of hydrogen-bond acceptors (Lipinski definition) is 3. The van der Waals surface area contributed by atoms with E-state index in [0.29, 0.717) is 0 Å². The molecule has 0 aromatic carbocycles. The molecule has 1 unspecified atom stereocenters. The smallest absolute Gasteiger partial charge is 0.168 e. The molecule has 0 radical (unpaired) electrons. The van der Waals surface area contributed by atoms with E-state index in [0.717, 1.165) is 0 Å². The van der Waals surface area contributed by atoms with Crippen LogP contribution in [0.2, 0.25) is 0 Å². The molecule has 0 saturated heterocycles. The zero-order valence-electron chi connectivity index (χ0n) is 3.38. The van der Waals surface area contributed by atoms with Crippen molar-refractivity contribution in [3.05, 3.63) is 0 Å². The fourth-order valence-corrected chi connectivity index (χ4v) is 0. The Labute approximate surface area is 41.6 Å². The first kappa shape index (κ1) is 5.98. The first-order valence-electron chi connectivity index (χ1n) is 1.51. The summed E-state index contributed by atoms with van der Waals surface area (Å²) in [5, 5.41) is 8.14. The molecule has 0 aliphatic rings. The van der Waals surface area contributed by atoms with Crippen molar-refractivity contribution in [3.8, 4) is 0 Å². The number of Topliss-reactive ketones (excluding diaryl/α,β-unsaturated/α-hetero) is 1. The van der Waals surface area contributed by atoms with Crippen molar-refractivity contribution in [2.75, 3.05) is 0 Å². The molecule has 3 heteroatoms. The minimum atomic E-state index is -1.09. The van der Waals surface area contributed by atoms with Crippen LogP contribution in [0.15, 0.2) is 0 Å². The molecule has 0 bridgehead atoms. The third-order valence-corrected chi connectivity index (χ3v) is 0.727. The van der Waals surface area contributed by atoms with E-state index in [4.69, 9.17) is 5.11 Å². The molecule has 1 atom stereocenters. The molecule has 0 heterocycles. The number of rotatable bonds is 1. The highest BCUT2D eigenvalue weighted by Crippen LogP contribution is 1.86. The Bertz CT molecular complexity index is 59.8. The lowest BCUT2D eigenvalue weighted by atomic mass is 10.5. The van der Waals surface area contributed by atoms with Crippen molar-refractivity contribution in [2.24, 2.45) is 0 Å². The van der Waals surface area contributed by atoms with E-state index in [1.165, 1.54) is 6.92 Å². The van der Waals surface area contributed by atoms with Crippen LogP contribution in [-0.2, 0) is 4.79 Å². The second-order valence-corrected chi connectivity index (χ2v) is 1.47. The van der Waals surface area contributed by atoms with Crippen LogP contribution in [-0.4, -0.2) is 16.3 Å². The Morgan fingerprint density at radius 3 is 2.17 bits per heavy atom. The summed E-state index contributed by atoms with van der Waals surface area (Å²) in [4.78, 5) is 9.82. The number of aliphatic hydroxyl groups excluding tert-OH is 1. The summed E-state index contributed by atoms with van der Waals surface area (Å²) in [6, 6.07) is 0. The normalized spacial score (nSPS) is 13.8. The predicted octanol–water partition coefficient (Wildman–Crippen LogP) is -0.176. The fourth-order valence-electron chi connectivity index (χ4n) is 0. The van der Waals surface area contributed by atoms with Crippen molar-refractivity contribution >= 4 is 18.4 Å². The highest BCUT2D eigenvalue weighted by Gasteiger charge is 1.98. The predicted molar refractivity (Wildman–Crippen MR) is 25.7 cm³/mol. The van der Waals surface area contributed by atoms with Crippen molar-refractivity contribution in [3.63, 3.8) is 0 Å². The lowest BCUT2D eigenvalue weighted by Gasteiger charge is -1.89. The number of hydrogen-bond donors (Lipinski definition) is 2. The second-order valence-electron chi connectivity index (χ2n) is 0.984. The highest BCUT2D eigenvalue weighted by molar-refractivity contribution is 7.81. The minimum Gasteiger partial charge on any atom is -0.375 e. The fraction of sp³-hybridized carbons (Fsp3) is 0.667. The standard InChI is InChI=1S/C3H6O2S/c1-2(4)3(5)6/h3,5-6H,1H3. The molecule has 0 saturated carbocycles. The SMILES string of the molecule is CC(=O)C(O)S. The monoisotopic (exact) mass is 106 g/mol. The van der Waals surface area contributed by atoms with E-state index < -0.39 is 5.44 Å². The first-order chi connectivity index (χ1) is 2.64. The third kappa shape index (κ3) is 2.23. The van der Waals surface area contributed by atoms with Gasteiger partial charge in [0.2, 0.25) is 0 Å². The van der Waals surface area contributed by atoms with Crippen LogP contribution in [0.3, 0.4) is 0 Å². The number of aliphatic hydroxyl groups is 1. The van der Waals surface area contributed by atoms with Crippen molar-refractivity contribution in [1.29, 1.82) is 0 Å². The molecular weight excluding hydrogens is 100 g/mol. The Hall–Kier alpha value is -0.0200. The van der Waals surface area contributed by atoms with Gasteiger partial charge < -0.3 is 5.11 Å².